The van der Waals surface area contributed by atoms with Crippen LogP contribution in [-0.4, -0.2) is 40.8 Å². The third-order valence-corrected chi connectivity index (χ3v) is 3.48. The number of carbonyl (C=O) groups is 2. The number of amides is 2. The van der Waals surface area contributed by atoms with Crippen LogP contribution in [0.25, 0.3) is 0 Å². The van der Waals surface area contributed by atoms with Crippen molar-refractivity contribution in [1.82, 2.24) is 15.2 Å². The summed E-state index contributed by atoms with van der Waals surface area (Å²) in [6.07, 6.45) is 0.532. The summed E-state index contributed by atoms with van der Waals surface area (Å²) < 4.78 is 0. The van der Waals surface area contributed by atoms with E-state index in [-0.39, 0.29) is 22.5 Å². The number of piperazine rings is 1. The van der Waals surface area contributed by atoms with Gasteiger partial charge in [-0.1, -0.05) is 18.5 Å². The molecule has 0 aromatic carbocycles. The maximum Gasteiger partial charge on any atom is 0.274 e. The third-order valence-electron chi connectivity index (χ3n) is 3.17. The van der Waals surface area contributed by atoms with Crippen LogP contribution < -0.4 is 16.6 Å². The van der Waals surface area contributed by atoms with Gasteiger partial charge in [-0.25, -0.2) is 10.8 Å². The number of nitrogens with zero attached hydrogens (tertiary/aromatic N) is 2. The highest BCUT2D eigenvalue weighted by Gasteiger charge is 2.33. The summed E-state index contributed by atoms with van der Waals surface area (Å²) in [6, 6.07) is 2.62. The molecule has 108 valence electrons. The smallest absolute Gasteiger partial charge is 0.274 e. The van der Waals surface area contributed by atoms with Crippen LogP contribution in [0.2, 0.25) is 5.02 Å². The summed E-state index contributed by atoms with van der Waals surface area (Å²) in [6.45, 7) is 2.71. The van der Waals surface area contributed by atoms with Gasteiger partial charge in [-0.3, -0.25) is 9.59 Å². The number of hydrogen-bond donors (Lipinski definition) is 3. The Morgan fingerprint density at radius 2 is 2.40 bits per heavy atom. The molecule has 1 fully saturated rings. The normalized spacial score (nSPS) is 18.6. The molecule has 0 saturated carbocycles. The summed E-state index contributed by atoms with van der Waals surface area (Å²) in [4.78, 5) is 29.9. The van der Waals surface area contributed by atoms with Crippen LogP contribution in [0.5, 0.6) is 0 Å². The third kappa shape index (κ3) is 2.68. The van der Waals surface area contributed by atoms with E-state index in [0.717, 1.165) is 0 Å². The molecule has 1 atom stereocenters. The highest BCUT2D eigenvalue weighted by atomic mass is 35.5. The minimum Gasteiger partial charge on any atom is -0.353 e. The van der Waals surface area contributed by atoms with E-state index in [1.54, 1.807) is 12.1 Å². The van der Waals surface area contributed by atoms with Crippen molar-refractivity contribution in [1.29, 1.82) is 0 Å². The van der Waals surface area contributed by atoms with Crippen LogP contribution in [0.4, 0.5) is 5.82 Å². The lowest BCUT2D eigenvalue weighted by atomic mass is 10.1. The van der Waals surface area contributed by atoms with E-state index in [4.69, 9.17) is 17.4 Å². The first-order valence-corrected chi connectivity index (χ1v) is 6.68. The predicted octanol–water partition coefficient (Wildman–Crippen LogP) is 0.371. The first-order valence-electron chi connectivity index (χ1n) is 6.30. The number of carbonyl (C=O) groups excluding carboxylic acids is 2. The van der Waals surface area contributed by atoms with Crippen LogP contribution in [0.3, 0.4) is 0 Å². The van der Waals surface area contributed by atoms with Gasteiger partial charge in [0.1, 0.15) is 17.6 Å². The maximum atomic E-state index is 12.5. The second-order valence-corrected chi connectivity index (χ2v) is 4.79. The molecule has 2 rings (SSSR count). The first-order chi connectivity index (χ1) is 9.58. The Kier molecular flexibility index (Phi) is 4.41. The van der Waals surface area contributed by atoms with Crippen LogP contribution in [-0.2, 0) is 4.79 Å². The van der Waals surface area contributed by atoms with Crippen molar-refractivity contribution in [2.24, 2.45) is 5.84 Å². The molecule has 20 heavy (non-hydrogen) atoms. The number of rotatable bonds is 3. The molecule has 1 aromatic rings. The second-order valence-electron chi connectivity index (χ2n) is 4.38. The van der Waals surface area contributed by atoms with Gasteiger partial charge in [0, 0.05) is 13.1 Å². The molecule has 0 radical (unpaired) electrons. The maximum absolute atomic E-state index is 12.5. The van der Waals surface area contributed by atoms with Crippen LogP contribution in [0, 0.1) is 0 Å². The molecule has 2 heterocycles. The Bertz CT molecular complexity index is 537. The van der Waals surface area contributed by atoms with Crippen molar-refractivity contribution in [3.05, 3.63) is 22.8 Å². The molecular weight excluding hydrogens is 282 g/mol. The van der Waals surface area contributed by atoms with E-state index in [1.165, 1.54) is 4.90 Å². The summed E-state index contributed by atoms with van der Waals surface area (Å²) in [5.41, 5.74) is 2.46. The number of hydrazine groups is 1. The van der Waals surface area contributed by atoms with Gasteiger partial charge in [-0.05, 0) is 18.6 Å². The van der Waals surface area contributed by atoms with Crippen molar-refractivity contribution >= 4 is 29.2 Å². The van der Waals surface area contributed by atoms with E-state index >= 15 is 0 Å². The fraction of sp³-hybridized carbons (Fsp3) is 0.417. The van der Waals surface area contributed by atoms with E-state index < -0.39 is 6.04 Å². The van der Waals surface area contributed by atoms with Gasteiger partial charge in [0.15, 0.2) is 0 Å². The fourth-order valence-electron chi connectivity index (χ4n) is 2.17. The average Bonchev–Trinajstić information content (AvgIpc) is 2.46. The van der Waals surface area contributed by atoms with Gasteiger partial charge in [0.2, 0.25) is 5.91 Å². The highest BCUT2D eigenvalue weighted by molar-refractivity contribution is 6.33. The van der Waals surface area contributed by atoms with Gasteiger partial charge in [0.05, 0.1) is 5.02 Å². The molecule has 7 nitrogen and oxygen atoms in total. The number of nitrogen functional groups attached to an aromatic ring is 1. The monoisotopic (exact) mass is 297 g/mol. The molecule has 1 unspecified atom stereocenters. The van der Waals surface area contributed by atoms with Crippen LogP contribution in [0.1, 0.15) is 23.8 Å². The second kappa shape index (κ2) is 6.06. The summed E-state index contributed by atoms with van der Waals surface area (Å²) in [5.74, 6) is 5.10. The number of nitrogens with two attached hydrogens (primary N) is 1. The molecule has 1 saturated heterocycles. The Balaban J connectivity index is 2.32. The first kappa shape index (κ1) is 14.5. The number of nitrogens with one attached hydrogen (secondary N) is 2. The van der Waals surface area contributed by atoms with E-state index in [1.807, 2.05) is 6.92 Å². The SMILES string of the molecule is CCC1C(=O)NCCN1C(=O)c1nc(NN)ccc1Cl. The average molecular weight is 298 g/mol. The van der Waals surface area contributed by atoms with E-state index in [2.05, 4.69) is 15.7 Å². The number of hydrogen-bond acceptors (Lipinski definition) is 5. The molecule has 1 aromatic heterocycles. The Hall–Kier alpha value is -1.86. The predicted molar refractivity (Wildman–Crippen MR) is 75.2 cm³/mol. The largest absolute Gasteiger partial charge is 0.353 e. The van der Waals surface area contributed by atoms with Gasteiger partial charge in [-0.2, -0.15) is 0 Å². The molecule has 0 spiro atoms. The lowest BCUT2D eigenvalue weighted by Crippen LogP contribution is -2.57. The Morgan fingerprint density at radius 1 is 1.65 bits per heavy atom. The highest BCUT2D eigenvalue weighted by Crippen LogP contribution is 2.20. The molecule has 0 aliphatic carbocycles. The molecule has 4 N–H and O–H groups in total. The Morgan fingerprint density at radius 3 is 3.05 bits per heavy atom. The van der Waals surface area contributed by atoms with E-state index in [0.29, 0.717) is 25.3 Å². The molecular formula is C12H16ClN5O2. The van der Waals surface area contributed by atoms with Gasteiger partial charge >= 0.3 is 0 Å². The zero-order chi connectivity index (χ0) is 14.7. The van der Waals surface area contributed by atoms with Gasteiger partial charge in [-0.15, -0.1) is 0 Å². The molecule has 1 aliphatic rings. The van der Waals surface area contributed by atoms with Crippen molar-refractivity contribution in [2.45, 2.75) is 19.4 Å². The van der Waals surface area contributed by atoms with Gasteiger partial charge in [0.25, 0.3) is 5.91 Å². The number of anilines is 1. The van der Waals surface area contributed by atoms with Crippen molar-refractivity contribution in [3.8, 4) is 0 Å². The quantitative estimate of drug-likeness (QED) is 0.553. The zero-order valence-electron chi connectivity index (χ0n) is 11.0. The topological polar surface area (TPSA) is 100 Å². The summed E-state index contributed by atoms with van der Waals surface area (Å²) in [7, 11) is 0. The van der Waals surface area contributed by atoms with Crippen molar-refractivity contribution in [2.75, 3.05) is 18.5 Å². The van der Waals surface area contributed by atoms with E-state index in [9.17, 15) is 9.59 Å². The van der Waals surface area contributed by atoms with Crippen LogP contribution in [0.15, 0.2) is 12.1 Å². The summed E-state index contributed by atoms with van der Waals surface area (Å²) in [5, 5.41) is 2.97. The number of aromatic nitrogens is 1. The fourth-order valence-corrected chi connectivity index (χ4v) is 2.36. The minimum atomic E-state index is -0.497. The number of halogens is 1. The minimum absolute atomic E-state index is 0.0928. The standard InChI is InChI=1S/C12H16ClN5O2/c1-2-8-11(19)15-5-6-18(8)12(20)10-7(13)3-4-9(16-10)17-14/h3-4,8H,2,5-6,14H2,1H3,(H,15,19)(H,16,17). The Labute approximate surface area is 121 Å². The number of pyridine rings is 1. The van der Waals surface area contributed by atoms with Crippen molar-refractivity contribution in [3.63, 3.8) is 0 Å². The lowest BCUT2D eigenvalue weighted by Gasteiger charge is -2.34. The summed E-state index contributed by atoms with van der Waals surface area (Å²) >= 11 is 6.02. The van der Waals surface area contributed by atoms with Crippen molar-refractivity contribution < 1.29 is 9.59 Å². The van der Waals surface area contributed by atoms with Crippen LogP contribution >= 0.6 is 11.6 Å². The molecule has 1 aliphatic heterocycles. The van der Waals surface area contributed by atoms with Gasteiger partial charge < -0.3 is 15.6 Å². The molecule has 8 heteroatoms. The zero-order valence-corrected chi connectivity index (χ0v) is 11.8. The molecule has 2 amide bonds. The lowest BCUT2D eigenvalue weighted by molar-refractivity contribution is -0.127. The molecule has 0 bridgehead atoms.